The fourth-order valence-electron chi connectivity index (χ4n) is 1.94. The predicted molar refractivity (Wildman–Crippen MR) is 93.3 cm³/mol. The van der Waals surface area contributed by atoms with Gasteiger partial charge in [0.15, 0.2) is 0 Å². The number of hydrogen-bond donors (Lipinski definition) is 0. The molecular weight excluding hydrogens is 307 g/mol. The van der Waals surface area contributed by atoms with Gasteiger partial charge < -0.3 is 4.52 Å². The van der Waals surface area contributed by atoms with Crippen molar-refractivity contribution in [3.8, 4) is 17.5 Å². The molecule has 0 fully saturated rings. The van der Waals surface area contributed by atoms with Gasteiger partial charge in [-0.2, -0.15) is 10.2 Å². The monoisotopic (exact) mass is 328 g/mol. The number of aromatic nitrogens is 2. The van der Waals surface area contributed by atoms with Crippen LogP contribution in [0.2, 0.25) is 0 Å². The number of aliphatic imine (C=N–C) groups is 1. The van der Waals surface area contributed by atoms with Crippen molar-refractivity contribution in [3.63, 3.8) is 0 Å². The van der Waals surface area contributed by atoms with E-state index < -0.39 is 6.67 Å². The molecule has 6 heteroatoms. The van der Waals surface area contributed by atoms with Crippen LogP contribution >= 0.6 is 0 Å². The van der Waals surface area contributed by atoms with Gasteiger partial charge in [0.2, 0.25) is 5.82 Å². The molecule has 0 unspecified atom stereocenters. The highest BCUT2D eigenvalue weighted by Crippen LogP contribution is 2.23. The van der Waals surface area contributed by atoms with Gasteiger partial charge in [0.1, 0.15) is 12.4 Å². The molecule has 5 nitrogen and oxygen atoms in total. The molecule has 0 spiro atoms. The molecule has 1 aromatic carbocycles. The molecule has 0 amide bonds. The molecule has 24 heavy (non-hydrogen) atoms. The molecule has 1 heterocycles. The van der Waals surface area contributed by atoms with Crippen molar-refractivity contribution in [2.24, 2.45) is 4.99 Å². The standard InChI is InChI=1S/C16H15FN4O.C2H6/c1-3-4-14(19-6-5-17)15-20-16(22-21-15)13-8-11(2)7-12(9-13)10-18;1-2/h4,6-9H,3,5H2,1-2H3;1-2H3/b14-4-,19-6?;. The van der Waals surface area contributed by atoms with Crippen molar-refractivity contribution in [3.05, 3.63) is 41.2 Å². The van der Waals surface area contributed by atoms with Crippen molar-refractivity contribution in [2.75, 3.05) is 6.67 Å². The molecule has 0 radical (unpaired) electrons. The summed E-state index contributed by atoms with van der Waals surface area (Å²) in [5.74, 6) is 0.592. The van der Waals surface area contributed by atoms with E-state index in [0.717, 1.165) is 11.8 Å². The topological polar surface area (TPSA) is 75.1 Å². The van der Waals surface area contributed by atoms with Gasteiger partial charge in [-0.3, -0.25) is 4.99 Å². The Hall–Kier alpha value is -2.81. The van der Waals surface area contributed by atoms with Gasteiger partial charge in [0.25, 0.3) is 5.89 Å². The Labute approximate surface area is 141 Å². The van der Waals surface area contributed by atoms with Crippen LogP contribution in [0.4, 0.5) is 4.39 Å². The summed E-state index contributed by atoms with van der Waals surface area (Å²) in [5.41, 5.74) is 2.58. The normalized spacial score (nSPS) is 11.1. The van der Waals surface area contributed by atoms with Gasteiger partial charge in [-0.25, -0.2) is 4.39 Å². The lowest BCUT2D eigenvalue weighted by Crippen LogP contribution is -1.88. The van der Waals surface area contributed by atoms with Gasteiger partial charge in [-0.05, 0) is 37.1 Å². The second kappa shape index (κ2) is 10.1. The number of benzene rings is 1. The highest BCUT2D eigenvalue weighted by Gasteiger charge is 2.13. The highest BCUT2D eigenvalue weighted by molar-refractivity contribution is 5.72. The number of hydrogen-bond acceptors (Lipinski definition) is 5. The first-order valence-corrected chi connectivity index (χ1v) is 7.82. The number of allylic oxidation sites excluding steroid dienone is 1. The van der Waals surface area contributed by atoms with Crippen molar-refractivity contribution in [1.82, 2.24) is 10.1 Å². The molecule has 0 N–H and O–H groups in total. The summed E-state index contributed by atoms with van der Waals surface area (Å²) in [6.45, 7) is 7.16. The summed E-state index contributed by atoms with van der Waals surface area (Å²) >= 11 is 0. The first kappa shape index (κ1) is 19.2. The maximum Gasteiger partial charge on any atom is 0.258 e. The molecule has 2 aromatic rings. The number of halogens is 1. The Kier molecular flexibility index (Phi) is 8.06. The zero-order valence-corrected chi connectivity index (χ0v) is 14.4. The molecule has 0 aliphatic carbocycles. The highest BCUT2D eigenvalue weighted by atomic mass is 19.1. The molecular formula is C18H21FN4O. The zero-order valence-electron chi connectivity index (χ0n) is 14.4. The van der Waals surface area contributed by atoms with Crippen LogP contribution in [0.1, 0.15) is 44.1 Å². The Morgan fingerprint density at radius 2 is 2.12 bits per heavy atom. The van der Waals surface area contributed by atoms with E-state index in [1.807, 2.05) is 33.8 Å². The van der Waals surface area contributed by atoms with E-state index in [1.54, 1.807) is 18.2 Å². The third-order valence-corrected chi connectivity index (χ3v) is 2.81. The molecule has 0 aliphatic heterocycles. The molecule has 2 rings (SSSR count). The number of nitriles is 1. The summed E-state index contributed by atoms with van der Waals surface area (Å²) in [6.07, 6.45) is 3.65. The third kappa shape index (κ3) is 5.13. The van der Waals surface area contributed by atoms with E-state index in [-0.39, 0.29) is 0 Å². The van der Waals surface area contributed by atoms with Gasteiger partial charge in [-0.15, -0.1) is 0 Å². The number of alkyl halides is 1. The van der Waals surface area contributed by atoms with Crippen molar-refractivity contribution < 1.29 is 8.91 Å². The van der Waals surface area contributed by atoms with E-state index in [4.69, 9.17) is 9.78 Å². The van der Waals surface area contributed by atoms with E-state index in [0.29, 0.717) is 35.0 Å². The first-order chi connectivity index (χ1) is 11.7. The molecule has 0 aliphatic rings. The summed E-state index contributed by atoms with van der Waals surface area (Å²) in [7, 11) is 0. The minimum absolute atomic E-state index is 0.293. The maximum atomic E-state index is 12.2. The van der Waals surface area contributed by atoms with Gasteiger partial charge >= 0.3 is 0 Å². The fraction of sp³-hybridized carbons (Fsp3) is 0.333. The summed E-state index contributed by atoms with van der Waals surface area (Å²) in [4.78, 5) is 8.26. The van der Waals surface area contributed by atoms with Crippen LogP contribution in [0, 0.1) is 18.3 Å². The molecule has 0 atom stereocenters. The van der Waals surface area contributed by atoms with Crippen molar-refractivity contribution >= 4 is 11.9 Å². The van der Waals surface area contributed by atoms with E-state index >= 15 is 0 Å². The fourth-order valence-corrected chi connectivity index (χ4v) is 1.94. The van der Waals surface area contributed by atoms with Crippen LogP contribution in [0.3, 0.4) is 0 Å². The maximum absolute atomic E-state index is 12.2. The minimum Gasteiger partial charge on any atom is -0.334 e. The number of aryl methyl sites for hydroxylation is 1. The minimum atomic E-state index is -0.658. The Balaban J connectivity index is 0.00000139. The largest absolute Gasteiger partial charge is 0.334 e. The Morgan fingerprint density at radius 1 is 1.38 bits per heavy atom. The van der Waals surface area contributed by atoms with Gasteiger partial charge in [0, 0.05) is 11.8 Å². The molecule has 126 valence electrons. The van der Waals surface area contributed by atoms with Crippen LogP contribution in [0.15, 0.2) is 33.8 Å². The number of nitrogens with zero attached hydrogens (tertiary/aromatic N) is 4. The summed E-state index contributed by atoms with van der Waals surface area (Å²) < 4.78 is 17.5. The molecule has 0 bridgehead atoms. The molecule has 0 saturated carbocycles. The van der Waals surface area contributed by atoms with Crippen LogP contribution < -0.4 is 0 Å². The van der Waals surface area contributed by atoms with Crippen molar-refractivity contribution in [2.45, 2.75) is 34.1 Å². The molecule has 1 aromatic heterocycles. The zero-order chi connectivity index (χ0) is 17.9. The predicted octanol–water partition coefficient (Wildman–Crippen LogP) is 4.73. The van der Waals surface area contributed by atoms with E-state index in [9.17, 15) is 4.39 Å². The average molecular weight is 328 g/mol. The quantitative estimate of drug-likeness (QED) is 0.743. The third-order valence-electron chi connectivity index (χ3n) is 2.81. The first-order valence-electron chi connectivity index (χ1n) is 7.82. The SMILES string of the molecule is CC.CC/C=C(\N=CCF)c1noc(-c2cc(C)cc(C#N)c2)n1. The number of rotatable bonds is 5. The van der Waals surface area contributed by atoms with Crippen LogP contribution in [-0.2, 0) is 0 Å². The van der Waals surface area contributed by atoms with Crippen LogP contribution in [-0.4, -0.2) is 23.0 Å². The van der Waals surface area contributed by atoms with Crippen LogP contribution in [0.25, 0.3) is 17.2 Å². The summed E-state index contributed by atoms with van der Waals surface area (Å²) in [6, 6.07) is 7.39. The molecule has 0 saturated heterocycles. The lowest BCUT2D eigenvalue weighted by atomic mass is 10.1. The van der Waals surface area contributed by atoms with E-state index in [1.165, 1.54) is 0 Å². The van der Waals surface area contributed by atoms with Gasteiger partial charge in [-0.1, -0.05) is 32.0 Å². The lowest BCUT2D eigenvalue weighted by Gasteiger charge is -1.98. The van der Waals surface area contributed by atoms with Gasteiger partial charge in [0.05, 0.1) is 11.6 Å². The summed E-state index contributed by atoms with van der Waals surface area (Å²) in [5, 5.41) is 12.9. The van der Waals surface area contributed by atoms with Crippen molar-refractivity contribution in [1.29, 1.82) is 5.26 Å². The average Bonchev–Trinajstić information content (AvgIpc) is 3.09. The smallest absolute Gasteiger partial charge is 0.258 e. The second-order valence-electron chi connectivity index (χ2n) is 4.59. The van der Waals surface area contributed by atoms with Crippen LogP contribution in [0.5, 0.6) is 0 Å². The second-order valence-corrected chi connectivity index (χ2v) is 4.59. The Bertz CT molecular complexity index is 757. The van der Waals surface area contributed by atoms with E-state index in [2.05, 4.69) is 21.2 Å². The lowest BCUT2D eigenvalue weighted by molar-refractivity contribution is 0.428. The Morgan fingerprint density at radius 3 is 2.75 bits per heavy atom.